The minimum atomic E-state index is -3.37. The second-order valence-corrected chi connectivity index (χ2v) is 9.40. The van der Waals surface area contributed by atoms with E-state index in [-0.39, 0.29) is 6.61 Å². The summed E-state index contributed by atoms with van der Waals surface area (Å²) < 4.78 is 41.1. The summed E-state index contributed by atoms with van der Waals surface area (Å²) in [6.45, 7) is -0.276. The van der Waals surface area contributed by atoms with Crippen LogP contribution in [0.4, 0.5) is 11.4 Å². The van der Waals surface area contributed by atoms with Crippen LogP contribution in [0.15, 0.2) is 66.7 Å². The monoisotopic (exact) mass is 490 g/mol. The Morgan fingerprint density at radius 2 is 1.67 bits per heavy atom. The number of benzene rings is 3. The van der Waals surface area contributed by atoms with Gasteiger partial charge in [0.1, 0.15) is 5.75 Å². The fourth-order valence-corrected chi connectivity index (χ4v) is 3.47. The zero-order valence-electron chi connectivity index (χ0n) is 18.2. The summed E-state index contributed by atoms with van der Waals surface area (Å²) >= 11 is 6.10. The number of methoxy groups -OCH3 is 1. The van der Waals surface area contributed by atoms with E-state index in [4.69, 9.17) is 25.8 Å². The Kier molecular flexibility index (Phi) is 7.67. The molecule has 1 N–H and O–H groups in total. The average Bonchev–Trinajstić information content (AvgIpc) is 2.79. The van der Waals surface area contributed by atoms with E-state index in [1.54, 1.807) is 60.7 Å². The molecular formula is C23H23ClN2O6S. The molecule has 8 nitrogen and oxygen atoms in total. The largest absolute Gasteiger partial charge is 0.493 e. The Bertz CT molecular complexity index is 1230. The molecule has 0 heterocycles. The second kappa shape index (κ2) is 10.5. The summed E-state index contributed by atoms with van der Waals surface area (Å²) in [7, 11) is -0.376. The van der Waals surface area contributed by atoms with Gasteiger partial charge < -0.3 is 19.5 Å². The van der Waals surface area contributed by atoms with Crippen LogP contribution in [0.3, 0.4) is 0 Å². The molecule has 0 aliphatic rings. The summed E-state index contributed by atoms with van der Waals surface area (Å²) in [5.41, 5.74) is 0.846. The van der Waals surface area contributed by atoms with Gasteiger partial charge in [0.2, 0.25) is 10.0 Å². The van der Waals surface area contributed by atoms with Gasteiger partial charge in [-0.2, -0.15) is 0 Å². The Morgan fingerprint density at radius 1 is 1.00 bits per heavy atom. The normalized spacial score (nSPS) is 10.9. The van der Waals surface area contributed by atoms with Crippen LogP contribution in [0, 0.1) is 0 Å². The molecule has 0 aliphatic heterocycles. The number of hydrogen-bond acceptors (Lipinski definition) is 6. The first-order valence-electron chi connectivity index (χ1n) is 9.74. The van der Waals surface area contributed by atoms with Crippen molar-refractivity contribution in [2.24, 2.45) is 0 Å². The van der Waals surface area contributed by atoms with Gasteiger partial charge in [-0.05, 0) is 54.6 Å². The van der Waals surface area contributed by atoms with Crippen LogP contribution in [0.1, 0.15) is 0 Å². The first-order valence-corrected chi connectivity index (χ1v) is 12.0. The van der Waals surface area contributed by atoms with Crippen molar-refractivity contribution in [2.75, 3.05) is 36.6 Å². The number of sulfonamides is 1. The van der Waals surface area contributed by atoms with Crippen LogP contribution in [0.25, 0.3) is 0 Å². The topological polar surface area (TPSA) is 94.2 Å². The van der Waals surface area contributed by atoms with Crippen molar-refractivity contribution < 1.29 is 27.4 Å². The molecular weight excluding hydrogens is 468 g/mol. The molecule has 0 radical (unpaired) electrons. The van der Waals surface area contributed by atoms with Crippen LogP contribution < -0.4 is 23.8 Å². The average molecular weight is 491 g/mol. The van der Waals surface area contributed by atoms with Gasteiger partial charge in [0.15, 0.2) is 23.9 Å². The van der Waals surface area contributed by atoms with Gasteiger partial charge in [0.05, 0.1) is 24.7 Å². The van der Waals surface area contributed by atoms with Crippen LogP contribution in [0.2, 0.25) is 5.02 Å². The fourth-order valence-electron chi connectivity index (χ4n) is 2.79. The van der Waals surface area contributed by atoms with Gasteiger partial charge in [-0.1, -0.05) is 23.7 Å². The molecule has 0 saturated heterocycles. The number of carbonyl (C=O) groups excluding carboxylic acids is 1. The minimum Gasteiger partial charge on any atom is -0.493 e. The van der Waals surface area contributed by atoms with Crippen molar-refractivity contribution >= 4 is 38.9 Å². The van der Waals surface area contributed by atoms with E-state index in [2.05, 4.69) is 5.32 Å². The lowest BCUT2D eigenvalue weighted by Gasteiger charge is -2.17. The van der Waals surface area contributed by atoms with E-state index in [1.165, 1.54) is 14.2 Å². The molecule has 3 rings (SSSR count). The zero-order valence-corrected chi connectivity index (χ0v) is 19.8. The van der Waals surface area contributed by atoms with E-state index < -0.39 is 15.9 Å². The lowest BCUT2D eigenvalue weighted by atomic mass is 10.2. The SMILES string of the molecule is COc1ccccc1Oc1ccc(Cl)cc1NC(=O)COc1ccc(N(C)S(C)(=O)=O)cc1. The van der Waals surface area contributed by atoms with E-state index >= 15 is 0 Å². The molecule has 0 bridgehead atoms. The summed E-state index contributed by atoms with van der Waals surface area (Å²) in [5, 5.41) is 3.15. The number of nitrogens with zero attached hydrogens (tertiary/aromatic N) is 1. The molecule has 0 aromatic heterocycles. The quantitative estimate of drug-likeness (QED) is 0.472. The van der Waals surface area contributed by atoms with Gasteiger partial charge in [-0.15, -0.1) is 0 Å². The molecule has 10 heteroatoms. The highest BCUT2D eigenvalue weighted by Crippen LogP contribution is 2.36. The number of rotatable bonds is 9. The van der Waals surface area contributed by atoms with E-state index in [0.717, 1.165) is 10.6 Å². The van der Waals surface area contributed by atoms with Crippen LogP contribution >= 0.6 is 11.6 Å². The van der Waals surface area contributed by atoms with Crippen LogP contribution in [0.5, 0.6) is 23.0 Å². The summed E-state index contributed by atoms with van der Waals surface area (Å²) in [6, 6.07) is 18.3. The highest BCUT2D eigenvalue weighted by Gasteiger charge is 2.14. The summed E-state index contributed by atoms with van der Waals surface area (Å²) in [6.07, 6.45) is 1.11. The molecule has 1 amide bonds. The number of halogens is 1. The Labute approximate surface area is 197 Å². The zero-order chi connectivity index (χ0) is 24.0. The molecule has 3 aromatic rings. The molecule has 3 aromatic carbocycles. The Morgan fingerprint density at radius 3 is 2.30 bits per heavy atom. The molecule has 0 atom stereocenters. The van der Waals surface area contributed by atoms with Crippen molar-refractivity contribution in [3.05, 3.63) is 71.8 Å². The molecule has 0 spiro atoms. The van der Waals surface area contributed by atoms with E-state index in [0.29, 0.717) is 39.4 Å². The summed E-state index contributed by atoms with van der Waals surface area (Å²) in [4.78, 5) is 12.5. The lowest BCUT2D eigenvalue weighted by Crippen LogP contribution is -2.24. The third kappa shape index (κ3) is 6.53. The number of nitrogens with one attached hydrogen (secondary N) is 1. The number of para-hydroxylation sites is 2. The molecule has 33 heavy (non-hydrogen) atoms. The van der Waals surface area contributed by atoms with Crippen molar-refractivity contribution in [3.8, 4) is 23.0 Å². The third-order valence-electron chi connectivity index (χ3n) is 4.57. The molecule has 0 fully saturated rings. The lowest BCUT2D eigenvalue weighted by molar-refractivity contribution is -0.118. The van der Waals surface area contributed by atoms with Gasteiger partial charge in [0, 0.05) is 12.1 Å². The van der Waals surface area contributed by atoms with Crippen molar-refractivity contribution in [1.82, 2.24) is 0 Å². The second-order valence-electron chi connectivity index (χ2n) is 6.95. The summed E-state index contributed by atoms with van der Waals surface area (Å²) in [5.74, 6) is 1.38. The molecule has 0 aliphatic carbocycles. The van der Waals surface area contributed by atoms with E-state index in [1.807, 2.05) is 6.07 Å². The maximum absolute atomic E-state index is 12.5. The number of amides is 1. The Hall–Kier alpha value is -3.43. The maximum Gasteiger partial charge on any atom is 0.262 e. The Balaban J connectivity index is 1.66. The van der Waals surface area contributed by atoms with Crippen molar-refractivity contribution in [2.45, 2.75) is 0 Å². The van der Waals surface area contributed by atoms with Crippen molar-refractivity contribution in [1.29, 1.82) is 0 Å². The predicted octanol–water partition coefficient (Wildman–Crippen LogP) is 4.55. The first-order chi connectivity index (χ1) is 15.7. The smallest absolute Gasteiger partial charge is 0.262 e. The standard InChI is InChI=1S/C23H23ClN2O6S/c1-26(33(3,28)29)17-9-11-18(12-10-17)31-15-23(27)25-19-14-16(24)8-13-20(19)32-22-7-5-4-6-21(22)30-2/h4-14H,15H2,1-3H3,(H,25,27). The number of anilines is 2. The van der Waals surface area contributed by atoms with Gasteiger partial charge in [0.25, 0.3) is 5.91 Å². The van der Waals surface area contributed by atoms with Crippen molar-refractivity contribution in [3.63, 3.8) is 0 Å². The van der Waals surface area contributed by atoms with Gasteiger partial charge in [-0.3, -0.25) is 9.10 Å². The number of ether oxygens (including phenoxy) is 3. The third-order valence-corrected chi connectivity index (χ3v) is 6.01. The van der Waals surface area contributed by atoms with Crippen LogP contribution in [-0.4, -0.2) is 41.3 Å². The first kappa shape index (κ1) is 24.2. The predicted molar refractivity (Wildman–Crippen MR) is 128 cm³/mol. The van der Waals surface area contributed by atoms with Crippen LogP contribution in [-0.2, 0) is 14.8 Å². The van der Waals surface area contributed by atoms with Gasteiger partial charge >= 0.3 is 0 Å². The fraction of sp³-hybridized carbons (Fsp3) is 0.174. The van der Waals surface area contributed by atoms with Gasteiger partial charge in [-0.25, -0.2) is 8.42 Å². The highest BCUT2D eigenvalue weighted by atomic mass is 35.5. The van der Waals surface area contributed by atoms with E-state index in [9.17, 15) is 13.2 Å². The molecule has 174 valence electrons. The highest BCUT2D eigenvalue weighted by molar-refractivity contribution is 7.92. The minimum absolute atomic E-state index is 0.276. The molecule has 0 unspecified atom stereocenters. The maximum atomic E-state index is 12.5. The molecule has 0 saturated carbocycles. The number of carbonyl (C=O) groups is 1. The number of hydrogen-bond donors (Lipinski definition) is 1.